The van der Waals surface area contributed by atoms with Crippen molar-refractivity contribution in [1.82, 2.24) is 10.6 Å². The molecule has 0 saturated carbocycles. The fraction of sp³-hybridized carbons (Fsp3) is 0.833. The van der Waals surface area contributed by atoms with Crippen LogP contribution >= 0.6 is 0 Å². The molecule has 0 spiro atoms. The van der Waals surface area contributed by atoms with Gasteiger partial charge in [-0.05, 0) is 40.2 Å². The molecule has 0 unspecified atom stereocenters. The number of nitrogens with one attached hydrogen (secondary N) is 2. The van der Waals surface area contributed by atoms with Crippen LogP contribution in [0.3, 0.4) is 0 Å². The molecule has 18 heavy (non-hydrogen) atoms. The van der Waals surface area contributed by atoms with Gasteiger partial charge in [0.15, 0.2) is 0 Å². The van der Waals surface area contributed by atoms with Gasteiger partial charge in [0.25, 0.3) is 0 Å². The maximum absolute atomic E-state index is 11.6. The van der Waals surface area contributed by atoms with E-state index in [1.807, 2.05) is 0 Å². The molecule has 0 aromatic rings. The monoisotopic (exact) mass is 258 g/mol. The maximum atomic E-state index is 11.6. The predicted octanol–water partition coefficient (Wildman–Crippen LogP) is 1.11. The van der Waals surface area contributed by atoms with Crippen molar-refractivity contribution in [2.75, 3.05) is 6.54 Å². The molecule has 0 radical (unpaired) electrons. The van der Waals surface area contributed by atoms with Gasteiger partial charge in [0.2, 0.25) is 0 Å². The molecule has 6 nitrogen and oxygen atoms in total. The summed E-state index contributed by atoms with van der Waals surface area (Å²) in [6.45, 7) is 5.99. The van der Waals surface area contributed by atoms with Crippen molar-refractivity contribution in [2.45, 2.75) is 57.7 Å². The third-order valence-electron chi connectivity index (χ3n) is 2.69. The molecule has 104 valence electrons. The third-order valence-corrected chi connectivity index (χ3v) is 2.69. The van der Waals surface area contributed by atoms with Gasteiger partial charge < -0.3 is 20.5 Å². The lowest BCUT2D eigenvalue weighted by molar-refractivity contribution is -0.140. The zero-order valence-corrected chi connectivity index (χ0v) is 11.2. The second-order valence-corrected chi connectivity index (χ2v) is 5.52. The summed E-state index contributed by atoms with van der Waals surface area (Å²) in [5.41, 5.74) is -0.632. The van der Waals surface area contributed by atoms with Gasteiger partial charge in [-0.3, -0.25) is 0 Å². The van der Waals surface area contributed by atoms with E-state index in [1.165, 1.54) is 0 Å². The number of piperidine rings is 1. The zero-order valence-electron chi connectivity index (χ0n) is 11.2. The average molecular weight is 258 g/mol. The smallest absolute Gasteiger partial charge is 0.408 e. The molecule has 0 aromatic carbocycles. The van der Waals surface area contributed by atoms with Crippen molar-refractivity contribution >= 4 is 12.1 Å². The van der Waals surface area contributed by atoms with Crippen LogP contribution in [0.4, 0.5) is 4.79 Å². The van der Waals surface area contributed by atoms with E-state index in [0.717, 1.165) is 25.8 Å². The van der Waals surface area contributed by atoms with Gasteiger partial charge in [-0.25, -0.2) is 9.59 Å². The molecule has 1 rings (SSSR count). The van der Waals surface area contributed by atoms with Crippen LogP contribution < -0.4 is 10.6 Å². The first kappa shape index (κ1) is 14.8. The van der Waals surface area contributed by atoms with Crippen molar-refractivity contribution < 1.29 is 19.4 Å². The summed E-state index contributed by atoms with van der Waals surface area (Å²) in [7, 11) is 0. The lowest BCUT2D eigenvalue weighted by Crippen LogP contribution is -2.56. The van der Waals surface area contributed by atoms with Crippen LogP contribution in [-0.4, -0.2) is 41.4 Å². The number of ether oxygens (including phenoxy) is 1. The summed E-state index contributed by atoms with van der Waals surface area (Å²) in [5.74, 6) is -1.04. The Bertz CT molecular complexity index is 306. The lowest BCUT2D eigenvalue weighted by atomic mass is 9.98. The largest absolute Gasteiger partial charge is 0.480 e. The fourth-order valence-electron chi connectivity index (χ4n) is 1.93. The van der Waals surface area contributed by atoms with Crippen LogP contribution in [0.1, 0.15) is 40.0 Å². The Balaban J connectivity index is 2.57. The molecule has 1 aliphatic rings. The average Bonchev–Trinajstić information content (AvgIpc) is 2.24. The van der Waals surface area contributed by atoms with Gasteiger partial charge in [0.1, 0.15) is 11.6 Å². The first-order valence-corrected chi connectivity index (χ1v) is 6.25. The summed E-state index contributed by atoms with van der Waals surface area (Å²) < 4.78 is 5.07. The lowest BCUT2D eigenvalue weighted by Gasteiger charge is -2.30. The highest BCUT2D eigenvalue weighted by atomic mass is 16.6. The van der Waals surface area contributed by atoms with Gasteiger partial charge in [-0.15, -0.1) is 0 Å². The van der Waals surface area contributed by atoms with E-state index in [1.54, 1.807) is 20.8 Å². The van der Waals surface area contributed by atoms with E-state index in [2.05, 4.69) is 10.6 Å². The number of alkyl carbamates (subject to hydrolysis) is 1. The zero-order chi connectivity index (χ0) is 13.8. The van der Waals surface area contributed by atoms with Crippen molar-refractivity contribution in [3.63, 3.8) is 0 Å². The van der Waals surface area contributed by atoms with Crippen LogP contribution in [0.15, 0.2) is 0 Å². The Hall–Kier alpha value is -1.30. The van der Waals surface area contributed by atoms with Gasteiger partial charge in [0.05, 0.1) is 0 Å². The molecule has 1 saturated heterocycles. The fourth-order valence-corrected chi connectivity index (χ4v) is 1.93. The predicted molar refractivity (Wildman–Crippen MR) is 66.4 cm³/mol. The minimum atomic E-state index is -1.04. The summed E-state index contributed by atoms with van der Waals surface area (Å²) in [6, 6.07) is -1.18. The number of carboxylic acid groups (broad SMARTS) is 1. The summed E-state index contributed by atoms with van der Waals surface area (Å²) in [6.07, 6.45) is 2.06. The molecule has 3 N–H and O–H groups in total. The van der Waals surface area contributed by atoms with Gasteiger partial charge in [-0.1, -0.05) is 6.42 Å². The summed E-state index contributed by atoms with van der Waals surface area (Å²) in [4.78, 5) is 22.8. The first-order valence-electron chi connectivity index (χ1n) is 6.25. The van der Waals surface area contributed by atoms with E-state index in [0.29, 0.717) is 0 Å². The van der Waals surface area contributed by atoms with E-state index >= 15 is 0 Å². The minimum Gasteiger partial charge on any atom is -0.480 e. The van der Waals surface area contributed by atoms with Crippen LogP contribution in [-0.2, 0) is 9.53 Å². The second kappa shape index (κ2) is 6.04. The van der Waals surface area contributed by atoms with Crippen molar-refractivity contribution in [3.05, 3.63) is 0 Å². The number of carbonyl (C=O) groups is 2. The highest BCUT2D eigenvalue weighted by molar-refractivity contribution is 5.80. The van der Waals surface area contributed by atoms with E-state index in [-0.39, 0.29) is 6.04 Å². The second-order valence-electron chi connectivity index (χ2n) is 5.52. The molecular formula is C12H22N2O4. The number of hydrogen-bond donors (Lipinski definition) is 3. The van der Waals surface area contributed by atoms with Crippen LogP contribution in [0, 0.1) is 0 Å². The molecule has 0 aromatic heterocycles. The molecule has 0 bridgehead atoms. The van der Waals surface area contributed by atoms with Crippen LogP contribution in [0.5, 0.6) is 0 Å². The molecule has 1 aliphatic heterocycles. The highest BCUT2D eigenvalue weighted by Crippen LogP contribution is 2.12. The quantitative estimate of drug-likeness (QED) is 0.705. The molecule has 1 fully saturated rings. The number of hydrogen-bond acceptors (Lipinski definition) is 4. The van der Waals surface area contributed by atoms with Gasteiger partial charge in [-0.2, -0.15) is 0 Å². The topological polar surface area (TPSA) is 87.7 Å². The SMILES string of the molecule is CC(C)(C)OC(=O)N[C@@H](C(=O)O)[C@H]1CCCCN1. The third kappa shape index (κ3) is 4.91. The van der Waals surface area contributed by atoms with Gasteiger partial charge in [0, 0.05) is 6.04 Å². The van der Waals surface area contributed by atoms with Gasteiger partial charge >= 0.3 is 12.1 Å². The van der Waals surface area contributed by atoms with Crippen LogP contribution in [0.25, 0.3) is 0 Å². The first-order chi connectivity index (χ1) is 8.29. The molecule has 0 aliphatic carbocycles. The Kier molecular flexibility index (Phi) is 4.95. The summed E-state index contributed by atoms with van der Waals surface area (Å²) >= 11 is 0. The van der Waals surface area contributed by atoms with Crippen LogP contribution in [0.2, 0.25) is 0 Å². The molecule has 6 heteroatoms. The van der Waals surface area contributed by atoms with Crippen molar-refractivity contribution in [1.29, 1.82) is 0 Å². The van der Waals surface area contributed by atoms with Crippen molar-refractivity contribution in [3.8, 4) is 0 Å². The number of amides is 1. The minimum absolute atomic E-state index is 0.233. The van der Waals surface area contributed by atoms with E-state index in [4.69, 9.17) is 9.84 Å². The Morgan fingerprint density at radius 1 is 1.39 bits per heavy atom. The molecule has 1 amide bonds. The van der Waals surface area contributed by atoms with E-state index in [9.17, 15) is 9.59 Å². The number of carboxylic acids is 1. The molecule has 1 heterocycles. The number of rotatable bonds is 3. The summed E-state index contributed by atoms with van der Waals surface area (Å²) in [5, 5.41) is 14.7. The Morgan fingerprint density at radius 3 is 2.50 bits per heavy atom. The number of carbonyl (C=O) groups excluding carboxylic acids is 1. The molecule has 2 atom stereocenters. The Morgan fingerprint density at radius 2 is 2.06 bits per heavy atom. The standard InChI is InChI=1S/C12H22N2O4/c1-12(2,3)18-11(17)14-9(10(15)16)8-6-4-5-7-13-8/h8-9,13H,4-7H2,1-3H3,(H,14,17)(H,15,16)/t8-,9-/m1/s1. The maximum Gasteiger partial charge on any atom is 0.408 e. The Labute approximate surface area is 107 Å². The normalized spacial score (nSPS) is 22.1. The molecular weight excluding hydrogens is 236 g/mol. The number of aliphatic carboxylic acids is 1. The van der Waals surface area contributed by atoms with E-state index < -0.39 is 23.7 Å². The highest BCUT2D eigenvalue weighted by Gasteiger charge is 2.31. The van der Waals surface area contributed by atoms with Crippen molar-refractivity contribution in [2.24, 2.45) is 0 Å².